The Balaban J connectivity index is 2.12. The number of aromatic nitrogens is 4. The molecule has 1 aromatic carbocycles. The monoisotopic (exact) mass is 338 g/mol. The van der Waals surface area contributed by atoms with Crippen LogP contribution in [0.4, 0.5) is 0 Å². The zero-order valence-electron chi connectivity index (χ0n) is 14.5. The van der Waals surface area contributed by atoms with Gasteiger partial charge in [-0.3, -0.25) is 9.55 Å². The lowest BCUT2D eigenvalue weighted by molar-refractivity contribution is 0.746. The molecule has 4 nitrogen and oxygen atoms in total. The van der Waals surface area contributed by atoms with Crippen molar-refractivity contribution < 1.29 is 0 Å². The Kier molecular flexibility index (Phi) is 5.00. The summed E-state index contributed by atoms with van der Waals surface area (Å²) < 4.78 is 2.15. The lowest BCUT2D eigenvalue weighted by Gasteiger charge is -2.12. The maximum atomic E-state index is 4.46. The Morgan fingerprint density at radius 1 is 1.00 bits per heavy atom. The molecule has 3 aromatic rings. The van der Waals surface area contributed by atoms with Gasteiger partial charge in [0.15, 0.2) is 11.0 Å². The molecule has 0 radical (unpaired) electrons. The minimum absolute atomic E-state index is 0.601. The van der Waals surface area contributed by atoms with Crippen LogP contribution in [0, 0.1) is 19.8 Å². The lowest BCUT2D eigenvalue weighted by atomic mass is 10.1. The van der Waals surface area contributed by atoms with Crippen molar-refractivity contribution in [2.24, 2.45) is 5.92 Å². The molecule has 0 unspecified atom stereocenters. The van der Waals surface area contributed by atoms with Crippen LogP contribution in [-0.4, -0.2) is 25.5 Å². The molecule has 5 heteroatoms. The molecule has 0 spiro atoms. The predicted molar refractivity (Wildman–Crippen MR) is 99.6 cm³/mol. The smallest absolute Gasteiger partial charge is 0.196 e. The van der Waals surface area contributed by atoms with Gasteiger partial charge < -0.3 is 0 Å². The molecule has 0 aliphatic heterocycles. The quantitative estimate of drug-likeness (QED) is 0.633. The molecule has 0 aliphatic rings. The van der Waals surface area contributed by atoms with E-state index in [1.807, 2.05) is 12.1 Å². The molecule has 0 saturated heterocycles. The van der Waals surface area contributed by atoms with Gasteiger partial charge in [-0.15, -0.1) is 10.2 Å². The van der Waals surface area contributed by atoms with Crippen LogP contribution in [-0.2, 0) is 0 Å². The average molecular weight is 338 g/mol. The van der Waals surface area contributed by atoms with Crippen LogP contribution in [0.25, 0.3) is 17.1 Å². The fraction of sp³-hybridized carbons (Fsp3) is 0.316. The van der Waals surface area contributed by atoms with Gasteiger partial charge in [0.2, 0.25) is 0 Å². The molecule has 0 fully saturated rings. The molecule has 3 rings (SSSR count). The molecule has 0 aliphatic carbocycles. The van der Waals surface area contributed by atoms with Crippen LogP contribution >= 0.6 is 11.8 Å². The van der Waals surface area contributed by atoms with Crippen molar-refractivity contribution in [1.82, 2.24) is 19.7 Å². The number of nitrogens with zero attached hydrogens (tertiary/aromatic N) is 4. The van der Waals surface area contributed by atoms with Gasteiger partial charge in [-0.25, -0.2) is 0 Å². The van der Waals surface area contributed by atoms with Crippen molar-refractivity contribution in [2.75, 3.05) is 5.75 Å². The number of aryl methyl sites for hydroxylation is 2. The van der Waals surface area contributed by atoms with E-state index in [2.05, 4.69) is 65.6 Å². The summed E-state index contributed by atoms with van der Waals surface area (Å²) in [6, 6.07) is 10.4. The fourth-order valence-electron chi connectivity index (χ4n) is 2.39. The summed E-state index contributed by atoms with van der Waals surface area (Å²) in [6.45, 7) is 8.70. The standard InChI is InChI=1S/C19H22N4S/c1-13(2)12-24-19-22-21-18(16-7-9-20-10-8-16)23(19)17-6-5-14(3)15(4)11-17/h5-11,13H,12H2,1-4H3. The normalized spacial score (nSPS) is 11.2. The third-order valence-corrected chi connectivity index (χ3v) is 5.22. The SMILES string of the molecule is Cc1ccc(-n2c(SCC(C)C)nnc2-c2ccncc2)cc1C. The van der Waals surface area contributed by atoms with Crippen molar-refractivity contribution in [3.8, 4) is 17.1 Å². The topological polar surface area (TPSA) is 43.6 Å². The van der Waals surface area contributed by atoms with Crippen molar-refractivity contribution in [1.29, 1.82) is 0 Å². The second-order valence-electron chi connectivity index (χ2n) is 6.35. The molecule has 2 aromatic heterocycles. The number of rotatable bonds is 5. The van der Waals surface area contributed by atoms with E-state index in [1.54, 1.807) is 24.2 Å². The molecule has 0 atom stereocenters. The van der Waals surface area contributed by atoms with Gasteiger partial charge in [0.25, 0.3) is 0 Å². The molecule has 0 amide bonds. The van der Waals surface area contributed by atoms with Gasteiger partial charge in [-0.2, -0.15) is 0 Å². The predicted octanol–water partition coefficient (Wildman–Crippen LogP) is 4.69. The van der Waals surface area contributed by atoms with E-state index in [9.17, 15) is 0 Å². The third-order valence-electron chi connectivity index (χ3n) is 3.87. The lowest BCUT2D eigenvalue weighted by Crippen LogP contribution is -2.02. The molecule has 0 saturated carbocycles. The van der Waals surface area contributed by atoms with Gasteiger partial charge in [0, 0.05) is 23.7 Å². The summed E-state index contributed by atoms with van der Waals surface area (Å²) in [7, 11) is 0. The minimum atomic E-state index is 0.601. The first-order chi connectivity index (χ1) is 11.6. The number of pyridine rings is 1. The maximum absolute atomic E-state index is 4.46. The zero-order valence-corrected chi connectivity index (χ0v) is 15.3. The van der Waals surface area contributed by atoms with Gasteiger partial charge in [-0.1, -0.05) is 31.7 Å². The second-order valence-corrected chi connectivity index (χ2v) is 7.34. The van der Waals surface area contributed by atoms with Crippen molar-refractivity contribution in [3.63, 3.8) is 0 Å². The average Bonchev–Trinajstić information content (AvgIpc) is 3.00. The highest BCUT2D eigenvalue weighted by Crippen LogP contribution is 2.29. The highest BCUT2D eigenvalue weighted by Gasteiger charge is 2.16. The molecular weight excluding hydrogens is 316 g/mol. The van der Waals surface area contributed by atoms with E-state index in [4.69, 9.17) is 0 Å². The molecule has 124 valence electrons. The van der Waals surface area contributed by atoms with Crippen LogP contribution < -0.4 is 0 Å². The first kappa shape index (κ1) is 16.7. The summed E-state index contributed by atoms with van der Waals surface area (Å²) in [5.74, 6) is 2.47. The molecule has 2 heterocycles. The Hall–Kier alpha value is -2.14. The maximum Gasteiger partial charge on any atom is 0.196 e. The van der Waals surface area contributed by atoms with E-state index in [0.29, 0.717) is 5.92 Å². The Labute approximate surface area is 147 Å². The highest BCUT2D eigenvalue weighted by molar-refractivity contribution is 7.99. The van der Waals surface area contributed by atoms with Gasteiger partial charge in [-0.05, 0) is 55.2 Å². The summed E-state index contributed by atoms with van der Waals surface area (Å²) >= 11 is 1.75. The van der Waals surface area contributed by atoms with E-state index in [1.165, 1.54) is 11.1 Å². The summed E-state index contributed by atoms with van der Waals surface area (Å²) in [4.78, 5) is 4.10. The number of hydrogen-bond donors (Lipinski definition) is 0. The number of hydrogen-bond acceptors (Lipinski definition) is 4. The summed E-state index contributed by atoms with van der Waals surface area (Å²) in [5.41, 5.74) is 4.67. The van der Waals surface area contributed by atoms with E-state index in [-0.39, 0.29) is 0 Å². The van der Waals surface area contributed by atoms with Crippen molar-refractivity contribution in [2.45, 2.75) is 32.9 Å². The molecule has 0 N–H and O–H groups in total. The van der Waals surface area contributed by atoms with E-state index < -0.39 is 0 Å². The molecule has 0 bridgehead atoms. The van der Waals surface area contributed by atoms with Crippen LogP contribution in [0.3, 0.4) is 0 Å². The van der Waals surface area contributed by atoms with Gasteiger partial charge in [0.05, 0.1) is 5.69 Å². The van der Waals surface area contributed by atoms with Crippen molar-refractivity contribution in [3.05, 3.63) is 53.9 Å². The van der Waals surface area contributed by atoms with E-state index >= 15 is 0 Å². The Morgan fingerprint density at radius 2 is 1.75 bits per heavy atom. The fourth-order valence-corrected chi connectivity index (χ4v) is 3.29. The Morgan fingerprint density at radius 3 is 2.42 bits per heavy atom. The first-order valence-corrected chi connectivity index (χ1v) is 9.11. The Bertz CT molecular complexity index is 825. The van der Waals surface area contributed by atoms with Crippen LogP contribution in [0.1, 0.15) is 25.0 Å². The van der Waals surface area contributed by atoms with E-state index in [0.717, 1.165) is 28.0 Å². The van der Waals surface area contributed by atoms with Crippen LogP contribution in [0.2, 0.25) is 0 Å². The second kappa shape index (κ2) is 7.18. The van der Waals surface area contributed by atoms with Crippen LogP contribution in [0.5, 0.6) is 0 Å². The van der Waals surface area contributed by atoms with Crippen LogP contribution in [0.15, 0.2) is 47.9 Å². The zero-order chi connectivity index (χ0) is 17.1. The first-order valence-electron chi connectivity index (χ1n) is 8.12. The summed E-state index contributed by atoms with van der Waals surface area (Å²) in [6.07, 6.45) is 3.57. The minimum Gasteiger partial charge on any atom is -0.270 e. The molecule has 24 heavy (non-hydrogen) atoms. The molecular formula is C19H22N4S. The van der Waals surface area contributed by atoms with Gasteiger partial charge >= 0.3 is 0 Å². The summed E-state index contributed by atoms with van der Waals surface area (Å²) in [5, 5.41) is 9.84. The largest absolute Gasteiger partial charge is 0.270 e. The highest BCUT2D eigenvalue weighted by atomic mass is 32.2. The number of benzene rings is 1. The number of thioether (sulfide) groups is 1. The van der Waals surface area contributed by atoms with Gasteiger partial charge in [0.1, 0.15) is 0 Å². The van der Waals surface area contributed by atoms with Crippen molar-refractivity contribution >= 4 is 11.8 Å². The third kappa shape index (κ3) is 3.51.